The fourth-order valence-electron chi connectivity index (χ4n) is 3.92. The number of aryl methyl sites for hydroxylation is 1. The Morgan fingerprint density at radius 3 is 2.67 bits per heavy atom. The fourth-order valence-corrected chi connectivity index (χ4v) is 3.92. The van der Waals surface area contributed by atoms with Crippen molar-refractivity contribution in [3.8, 4) is 11.5 Å². The molecule has 1 N–H and O–H groups in total. The maximum atomic E-state index is 5.48. The maximum Gasteiger partial charge on any atom is 0.193 e. The highest BCUT2D eigenvalue weighted by atomic mass is 16.5. The minimum Gasteiger partial charge on any atom is -0.493 e. The van der Waals surface area contributed by atoms with Crippen LogP contribution in [-0.2, 0) is 12.5 Å². The molecule has 2 heterocycles. The molecule has 30 heavy (non-hydrogen) atoms. The van der Waals surface area contributed by atoms with Crippen LogP contribution in [0.1, 0.15) is 44.2 Å². The molecule has 0 radical (unpaired) electrons. The molecule has 1 aromatic carbocycles. The van der Waals surface area contributed by atoms with Gasteiger partial charge in [-0.1, -0.05) is 19.9 Å². The molecule has 3 rings (SSSR count). The summed E-state index contributed by atoms with van der Waals surface area (Å²) in [5.74, 6) is 2.98. The summed E-state index contributed by atoms with van der Waals surface area (Å²) < 4.78 is 12.7. The number of guanidine groups is 1. The van der Waals surface area contributed by atoms with E-state index in [1.165, 1.54) is 11.1 Å². The summed E-state index contributed by atoms with van der Waals surface area (Å²) in [7, 11) is 5.30. The molecule has 0 saturated carbocycles. The van der Waals surface area contributed by atoms with Crippen molar-refractivity contribution in [2.75, 3.05) is 40.4 Å². The molecule has 1 aromatic heterocycles. The number of ether oxygens (including phenoxy) is 2. The van der Waals surface area contributed by atoms with Crippen LogP contribution >= 0.6 is 0 Å². The summed E-state index contributed by atoms with van der Waals surface area (Å²) in [6.45, 7) is 10.0. The van der Waals surface area contributed by atoms with Crippen molar-refractivity contribution in [2.24, 2.45) is 12.0 Å². The van der Waals surface area contributed by atoms with E-state index in [9.17, 15) is 0 Å². The Balaban J connectivity index is 1.74. The topological polar surface area (TPSA) is 63.9 Å². The van der Waals surface area contributed by atoms with Gasteiger partial charge in [-0.15, -0.1) is 0 Å². The molecule has 1 aliphatic heterocycles. The highest BCUT2D eigenvalue weighted by Crippen LogP contribution is 2.33. The van der Waals surface area contributed by atoms with Crippen molar-refractivity contribution >= 4 is 5.96 Å². The van der Waals surface area contributed by atoms with E-state index in [1.54, 1.807) is 14.2 Å². The van der Waals surface area contributed by atoms with E-state index in [0.29, 0.717) is 12.5 Å². The number of aliphatic imine (C=N–C) groups is 1. The first-order chi connectivity index (χ1) is 14.4. The lowest BCUT2D eigenvalue weighted by molar-refractivity contribution is 0.353. The summed E-state index contributed by atoms with van der Waals surface area (Å²) in [6.07, 6.45) is 5.23. The first-order valence-corrected chi connectivity index (χ1v) is 10.6. The smallest absolute Gasteiger partial charge is 0.193 e. The number of rotatable bonds is 7. The molecule has 1 atom stereocenters. The SMILES string of the molecule is CCNC(=NCC(C)(C)c1ccc(OC)c(OC)c1)N1CCC(c2cnn(C)c2)C1. The van der Waals surface area contributed by atoms with E-state index in [4.69, 9.17) is 14.5 Å². The molecule has 1 unspecified atom stereocenters. The molecule has 7 heteroatoms. The minimum atomic E-state index is -0.136. The third-order valence-electron chi connectivity index (χ3n) is 5.81. The largest absolute Gasteiger partial charge is 0.493 e. The zero-order valence-electron chi connectivity index (χ0n) is 19.1. The van der Waals surface area contributed by atoms with Gasteiger partial charge in [0.25, 0.3) is 0 Å². The second-order valence-electron chi connectivity index (χ2n) is 8.50. The van der Waals surface area contributed by atoms with Crippen LogP contribution in [0.5, 0.6) is 11.5 Å². The van der Waals surface area contributed by atoms with Gasteiger partial charge in [-0.3, -0.25) is 9.67 Å². The van der Waals surface area contributed by atoms with Crippen LogP contribution in [0, 0.1) is 0 Å². The van der Waals surface area contributed by atoms with Crippen molar-refractivity contribution in [3.05, 3.63) is 41.7 Å². The predicted octanol–water partition coefficient (Wildman–Crippen LogP) is 3.17. The van der Waals surface area contributed by atoms with Crippen molar-refractivity contribution in [1.29, 1.82) is 0 Å². The summed E-state index contributed by atoms with van der Waals surface area (Å²) in [4.78, 5) is 7.38. The Kier molecular flexibility index (Phi) is 6.90. The number of hydrogen-bond acceptors (Lipinski definition) is 4. The highest BCUT2D eigenvalue weighted by Gasteiger charge is 2.28. The van der Waals surface area contributed by atoms with Crippen LogP contribution in [0.2, 0.25) is 0 Å². The Bertz CT molecular complexity index is 874. The van der Waals surface area contributed by atoms with Gasteiger partial charge in [-0.25, -0.2) is 0 Å². The van der Waals surface area contributed by atoms with Gasteiger partial charge in [0.2, 0.25) is 0 Å². The monoisotopic (exact) mass is 413 g/mol. The van der Waals surface area contributed by atoms with Crippen LogP contribution in [0.4, 0.5) is 0 Å². The van der Waals surface area contributed by atoms with Gasteiger partial charge < -0.3 is 19.7 Å². The third kappa shape index (κ3) is 4.89. The van der Waals surface area contributed by atoms with Gasteiger partial charge in [-0.05, 0) is 36.6 Å². The lowest BCUT2D eigenvalue weighted by atomic mass is 9.84. The van der Waals surface area contributed by atoms with E-state index in [0.717, 1.165) is 43.5 Å². The molecule has 0 bridgehead atoms. The average molecular weight is 414 g/mol. The predicted molar refractivity (Wildman–Crippen MR) is 121 cm³/mol. The van der Waals surface area contributed by atoms with Crippen LogP contribution in [0.3, 0.4) is 0 Å². The van der Waals surface area contributed by atoms with E-state index in [1.807, 2.05) is 24.0 Å². The lowest BCUT2D eigenvalue weighted by Gasteiger charge is -2.27. The van der Waals surface area contributed by atoms with Gasteiger partial charge in [0.15, 0.2) is 17.5 Å². The molecule has 1 saturated heterocycles. The number of nitrogens with zero attached hydrogens (tertiary/aromatic N) is 4. The maximum absolute atomic E-state index is 5.48. The summed E-state index contributed by atoms with van der Waals surface area (Å²) >= 11 is 0. The van der Waals surface area contributed by atoms with Crippen LogP contribution in [0.15, 0.2) is 35.6 Å². The van der Waals surface area contributed by atoms with Crippen molar-refractivity contribution < 1.29 is 9.47 Å². The van der Waals surface area contributed by atoms with Crippen molar-refractivity contribution in [3.63, 3.8) is 0 Å². The van der Waals surface area contributed by atoms with E-state index in [-0.39, 0.29) is 5.41 Å². The lowest BCUT2D eigenvalue weighted by Crippen LogP contribution is -2.41. The van der Waals surface area contributed by atoms with Gasteiger partial charge in [0.05, 0.1) is 27.0 Å². The Morgan fingerprint density at radius 1 is 1.27 bits per heavy atom. The molecule has 0 spiro atoms. The van der Waals surface area contributed by atoms with Crippen molar-refractivity contribution in [2.45, 2.75) is 38.5 Å². The summed E-state index contributed by atoms with van der Waals surface area (Å²) in [5.41, 5.74) is 2.35. The second kappa shape index (κ2) is 9.41. The number of hydrogen-bond donors (Lipinski definition) is 1. The van der Waals surface area contributed by atoms with Gasteiger partial charge in [-0.2, -0.15) is 5.10 Å². The first kappa shape index (κ1) is 22.0. The van der Waals surface area contributed by atoms with Crippen LogP contribution < -0.4 is 14.8 Å². The average Bonchev–Trinajstić information content (AvgIpc) is 3.39. The number of nitrogens with one attached hydrogen (secondary N) is 1. The Morgan fingerprint density at radius 2 is 2.03 bits per heavy atom. The molecule has 7 nitrogen and oxygen atoms in total. The second-order valence-corrected chi connectivity index (χ2v) is 8.50. The normalized spacial score (nSPS) is 17.3. The quantitative estimate of drug-likeness (QED) is 0.558. The van der Waals surface area contributed by atoms with Gasteiger partial charge >= 0.3 is 0 Å². The Hall–Kier alpha value is -2.70. The first-order valence-electron chi connectivity index (χ1n) is 10.6. The van der Waals surface area contributed by atoms with Crippen LogP contribution in [-0.4, -0.2) is 61.0 Å². The number of likely N-dealkylation sites (tertiary alicyclic amines) is 1. The zero-order chi connectivity index (χ0) is 21.7. The van der Waals surface area contributed by atoms with E-state index < -0.39 is 0 Å². The molecule has 0 aliphatic carbocycles. The summed E-state index contributed by atoms with van der Waals surface area (Å²) in [6, 6.07) is 6.11. The molecule has 164 valence electrons. The fraction of sp³-hybridized carbons (Fsp3) is 0.565. The highest BCUT2D eigenvalue weighted by molar-refractivity contribution is 5.80. The van der Waals surface area contributed by atoms with E-state index in [2.05, 4.69) is 54.4 Å². The molecule has 1 aliphatic rings. The molecule has 0 amide bonds. The number of aromatic nitrogens is 2. The number of benzene rings is 1. The Labute approximate surface area is 180 Å². The molecular formula is C23H35N5O2. The van der Waals surface area contributed by atoms with Crippen LogP contribution in [0.25, 0.3) is 0 Å². The summed E-state index contributed by atoms with van der Waals surface area (Å²) in [5, 5.41) is 7.81. The van der Waals surface area contributed by atoms with Crippen molar-refractivity contribution in [1.82, 2.24) is 20.0 Å². The van der Waals surface area contributed by atoms with Gasteiger partial charge in [0.1, 0.15) is 0 Å². The third-order valence-corrected chi connectivity index (χ3v) is 5.81. The molecule has 1 fully saturated rings. The zero-order valence-corrected chi connectivity index (χ0v) is 19.1. The molecular weight excluding hydrogens is 378 g/mol. The standard InChI is InChI=1S/C23H35N5O2/c1-7-24-22(28-11-10-17(15-28)18-13-26-27(4)14-18)25-16-23(2,3)19-8-9-20(29-5)21(12-19)30-6/h8-9,12-14,17H,7,10-11,15-16H2,1-6H3,(H,24,25). The molecule has 2 aromatic rings. The van der Waals surface area contributed by atoms with Gasteiger partial charge in [0, 0.05) is 44.2 Å². The van der Waals surface area contributed by atoms with E-state index >= 15 is 0 Å². The minimum absolute atomic E-state index is 0.136. The number of methoxy groups -OCH3 is 2.